The van der Waals surface area contributed by atoms with Crippen molar-refractivity contribution in [3.05, 3.63) is 0 Å². The van der Waals surface area contributed by atoms with E-state index in [4.69, 9.17) is 0 Å². The van der Waals surface area contributed by atoms with Gasteiger partial charge in [0.15, 0.2) is 0 Å². The van der Waals surface area contributed by atoms with E-state index >= 15 is 0 Å². The molecule has 86 valence electrons. The first kappa shape index (κ1) is 11.1. The van der Waals surface area contributed by atoms with Gasteiger partial charge in [-0.15, -0.1) is 0 Å². The predicted octanol–water partition coefficient (Wildman–Crippen LogP) is 2.33. The highest BCUT2D eigenvalue weighted by atomic mass is 16.1. The summed E-state index contributed by atoms with van der Waals surface area (Å²) in [5, 5.41) is 0. The van der Waals surface area contributed by atoms with Crippen LogP contribution in [0, 0.1) is 17.8 Å². The summed E-state index contributed by atoms with van der Waals surface area (Å²) >= 11 is 0. The summed E-state index contributed by atoms with van der Waals surface area (Å²) in [6.45, 7) is 0. The van der Waals surface area contributed by atoms with Crippen molar-refractivity contribution in [2.45, 2.75) is 44.6 Å². The Kier molecular flexibility index (Phi) is 3.45. The fourth-order valence-electron chi connectivity index (χ4n) is 3.80. The van der Waals surface area contributed by atoms with Gasteiger partial charge in [-0.25, -0.2) is 0 Å². The maximum absolute atomic E-state index is 11.1. The van der Waals surface area contributed by atoms with Gasteiger partial charge in [0.25, 0.3) is 0 Å². The van der Waals surface area contributed by atoms with E-state index in [2.05, 4.69) is 19.0 Å². The molecule has 0 bridgehead atoms. The number of carbonyl (C=O) groups excluding carboxylic acids is 1. The lowest BCUT2D eigenvalue weighted by Crippen LogP contribution is -2.46. The fourth-order valence-corrected chi connectivity index (χ4v) is 3.80. The maximum atomic E-state index is 11.1. The van der Waals surface area contributed by atoms with E-state index in [0.29, 0.717) is 11.8 Å². The lowest BCUT2D eigenvalue weighted by atomic mass is 9.63. The molecule has 2 rings (SSSR count). The Morgan fingerprint density at radius 2 is 1.67 bits per heavy atom. The molecule has 2 saturated carbocycles. The van der Waals surface area contributed by atoms with Gasteiger partial charge >= 0.3 is 0 Å². The Morgan fingerprint density at radius 1 is 1.00 bits per heavy atom. The minimum atomic E-state index is 0.367. The summed E-state index contributed by atoms with van der Waals surface area (Å²) in [4.78, 5) is 13.5. The number of hydrogen-bond donors (Lipinski definition) is 0. The molecule has 4 atom stereocenters. The zero-order chi connectivity index (χ0) is 10.8. The summed E-state index contributed by atoms with van der Waals surface area (Å²) in [5.41, 5.74) is 0. The van der Waals surface area contributed by atoms with Crippen molar-refractivity contribution in [1.29, 1.82) is 0 Å². The molecule has 0 heterocycles. The Hall–Kier alpha value is -0.370. The smallest absolute Gasteiger partial charge is 0.123 e. The van der Waals surface area contributed by atoms with Crippen LogP contribution in [-0.4, -0.2) is 31.3 Å². The Labute approximate surface area is 93.0 Å². The summed E-state index contributed by atoms with van der Waals surface area (Å²) in [6, 6.07) is 0.728. The number of fused-ring (bicyclic) bond motifs is 1. The average Bonchev–Trinajstić information content (AvgIpc) is 2.27. The monoisotopic (exact) mass is 209 g/mol. The largest absolute Gasteiger partial charge is 0.306 e. The van der Waals surface area contributed by atoms with Gasteiger partial charge in [0.05, 0.1) is 0 Å². The predicted molar refractivity (Wildman–Crippen MR) is 61.7 cm³/mol. The molecule has 4 unspecified atom stereocenters. The molecule has 0 spiro atoms. The van der Waals surface area contributed by atoms with Crippen molar-refractivity contribution in [1.82, 2.24) is 4.90 Å². The van der Waals surface area contributed by atoms with Crippen LogP contribution in [0.1, 0.15) is 38.5 Å². The minimum Gasteiger partial charge on any atom is -0.306 e. The standard InChI is InChI=1S/C13H23NO/c1-14(2)13-8-7-10(9-15)11-5-3-4-6-12(11)13/h9-13H,3-8H2,1-2H3. The van der Waals surface area contributed by atoms with E-state index in [1.54, 1.807) is 0 Å². The van der Waals surface area contributed by atoms with Gasteiger partial charge in [-0.3, -0.25) is 0 Å². The molecule has 0 aliphatic heterocycles. The molecular formula is C13H23NO. The number of carbonyl (C=O) groups is 1. The topological polar surface area (TPSA) is 20.3 Å². The molecule has 2 aliphatic rings. The third-order valence-electron chi connectivity index (χ3n) is 4.55. The quantitative estimate of drug-likeness (QED) is 0.651. The molecular weight excluding hydrogens is 186 g/mol. The van der Waals surface area contributed by atoms with Gasteiger partial charge in [-0.05, 0) is 51.6 Å². The van der Waals surface area contributed by atoms with Crippen molar-refractivity contribution < 1.29 is 4.79 Å². The first-order chi connectivity index (χ1) is 7.24. The summed E-state index contributed by atoms with van der Waals surface area (Å²) in [7, 11) is 4.38. The first-order valence-electron chi connectivity index (χ1n) is 6.35. The van der Waals surface area contributed by atoms with Crippen molar-refractivity contribution >= 4 is 6.29 Å². The molecule has 0 amide bonds. The Balaban J connectivity index is 2.11. The zero-order valence-corrected chi connectivity index (χ0v) is 9.98. The molecule has 0 aromatic heterocycles. The van der Waals surface area contributed by atoms with Crippen LogP contribution in [0.2, 0.25) is 0 Å². The van der Waals surface area contributed by atoms with E-state index in [1.165, 1.54) is 38.4 Å². The SMILES string of the molecule is CN(C)C1CCC(C=O)C2CCCCC21. The van der Waals surface area contributed by atoms with E-state index < -0.39 is 0 Å². The number of aldehydes is 1. The Morgan fingerprint density at radius 3 is 2.27 bits per heavy atom. The third-order valence-corrected chi connectivity index (χ3v) is 4.55. The lowest BCUT2D eigenvalue weighted by Gasteiger charge is -2.46. The second-order valence-electron chi connectivity index (χ2n) is 5.52. The summed E-state index contributed by atoms with van der Waals surface area (Å²) in [6.07, 6.45) is 8.92. The second-order valence-corrected chi connectivity index (χ2v) is 5.52. The summed E-state index contributed by atoms with van der Waals surface area (Å²) < 4.78 is 0. The van der Waals surface area contributed by atoms with Crippen LogP contribution in [0.15, 0.2) is 0 Å². The van der Waals surface area contributed by atoms with Gasteiger partial charge in [-0.1, -0.05) is 12.8 Å². The molecule has 2 nitrogen and oxygen atoms in total. The van der Waals surface area contributed by atoms with Crippen molar-refractivity contribution in [2.75, 3.05) is 14.1 Å². The fraction of sp³-hybridized carbons (Fsp3) is 0.923. The maximum Gasteiger partial charge on any atom is 0.123 e. The van der Waals surface area contributed by atoms with Crippen LogP contribution in [0.4, 0.5) is 0 Å². The normalized spacial score (nSPS) is 41.3. The molecule has 0 aromatic rings. The minimum absolute atomic E-state index is 0.367. The molecule has 0 saturated heterocycles. The van der Waals surface area contributed by atoms with Gasteiger partial charge in [0.2, 0.25) is 0 Å². The van der Waals surface area contributed by atoms with Gasteiger partial charge in [0.1, 0.15) is 6.29 Å². The van der Waals surface area contributed by atoms with Crippen LogP contribution < -0.4 is 0 Å². The van der Waals surface area contributed by atoms with Crippen molar-refractivity contribution in [3.63, 3.8) is 0 Å². The molecule has 2 fully saturated rings. The molecule has 0 N–H and O–H groups in total. The van der Waals surface area contributed by atoms with Crippen LogP contribution in [-0.2, 0) is 4.79 Å². The number of hydrogen-bond acceptors (Lipinski definition) is 2. The van der Waals surface area contributed by atoms with Crippen LogP contribution in [0.5, 0.6) is 0 Å². The lowest BCUT2D eigenvalue weighted by molar-refractivity contribution is -0.116. The van der Waals surface area contributed by atoms with E-state index in [0.717, 1.165) is 18.4 Å². The van der Waals surface area contributed by atoms with Crippen molar-refractivity contribution in [3.8, 4) is 0 Å². The van der Waals surface area contributed by atoms with Crippen LogP contribution in [0.3, 0.4) is 0 Å². The average molecular weight is 209 g/mol. The van der Waals surface area contributed by atoms with Gasteiger partial charge in [0, 0.05) is 12.0 Å². The summed E-state index contributed by atoms with van der Waals surface area (Å²) in [5.74, 6) is 1.85. The van der Waals surface area contributed by atoms with Crippen LogP contribution in [0.25, 0.3) is 0 Å². The van der Waals surface area contributed by atoms with Crippen molar-refractivity contribution in [2.24, 2.45) is 17.8 Å². The van der Waals surface area contributed by atoms with E-state index in [9.17, 15) is 4.79 Å². The van der Waals surface area contributed by atoms with E-state index in [-0.39, 0.29) is 0 Å². The highest BCUT2D eigenvalue weighted by Gasteiger charge is 2.40. The zero-order valence-electron chi connectivity index (χ0n) is 9.98. The molecule has 2 heteroatoms. The van der Waals surface area contributed by atoms with Gasteiger partial charge in [-0.2, -0.15) is 0 Å². The van der Waals surface area contributed by atoms with Crippen LogP contribution >= 0.6 is 0 Å². The Bertz CT molecular complexity index is 227. The third kappa shape index (κ3) is 2.10. The first-order valence-corrected chi connectivity index (χ1v) is 6.35. The molecule has 15 heavy (non-hydrogen) atoms. The molecule has 0 aromatic carbocycles. The molecule has 2 aliphatic carbocycles. The molecule has 0 radical (unpaired) electrons. The highest BCUT2D eigenvalue weighted by molar-refractivity contribution is 5.54. The highest BCUT2D eigenvalue weighted by Crippen LogP contribution is 2.44. The number of nitrogens with zero attached hydrogens (tertiary/aromatic N) is 1. The van der Waals surface area contributed by atoms with E-state index in [1.807, 2.05) is 0 Å². The van der Waals surface area contributed by atoms with Gasteiger partial charge < -0.3 is 9.69 Å². The number of rotatable bonds is 2. The second kappa shape index (κ2) is 4.65.